The average molecular weight is 247 g/mol. The van der Waals surface area contributed by atoms with Gasteiger partial charge in [-0.3, -0.25) is 9.59 Å². The first-order valence-electron chi connectivity index (χ1n) is 4.46. The maximum Gasteiger partial charge on any atom is 0.240 e. The summed E-state index contributed by atoms with van der Waals surface area (Å²) in [4.78, 5) is 21.4. The Bertz CT molecular complexity index is 238. The molecule has 0 fully saturated rings. The zero-order chi connectivity index (χ0) is 11.5. The molecule has 0 bridgehead atoms. The Morgan fingerprint density at radius 1 is 1.33 bits per heavy atom. The fraction of sp³-hybridized carbons (Fsp3) is 0.571. The first kappa shape index (κ1) is 14.4. The Morgan fingerprint density at radius 3 is 2.47 bits per heavy atom. The zero-order valence-corrected chi connectivity index (χ0v) is 10.2. The molecule has 15 heavy (non-hydrogen) atoms. The number of hydrogen-bond acceptors (Lipinski definition) is 5. The molecule has 0 aromatic heterocycles. The molecule has 0 atom stereocenters. The summed E-state index contributed by atoms with van der Waals surface area (Å²) >= 11 is 0. The van der Waals surface area contributed by atoms with Gasteiger partial charge in [0.25, 0.3) is 0 Å². The number of hydrazone groups is 1. The lowest BCUT2D eigenvalue weighted by Crippen LogP contribution is -2.17. The molecule has 8 heteroatoms. The van der Waals surface area contributed by atoms with Crippen molar-refractivity contribution in [3.8, 4) is 0 Å². The van der Waals surface area contributed by atoms with E-state index in [2.05, 4.69) is 10.5 Å². The van der Waals surface area contributed by atoms with Gasteiger partial charge in [0.15, 0.2) is 7.85 Å². The minimum atomic E-state index is -0.293. The maximum absolute atomic E-state index is 11.0. The molecule has 5 nitrogen and oxygen atoms in total. The smallest absolute Gasteiger partial charge is 0.240 e. The molecule has 0 saturated heterocycles. The Hall–Kier alpha value is -0.625. The molecule has 0 heterocycles. The first-order chi connectivity index (χ1) is 7.16. The van der Waals surface area contributed by atoms with Gasteiger partial charge in [-0.05, 0) is 6.11 Å². The van der Waals surface area contributed by atoms with Crippen molar-refractivity contribution in [3.63, 3.8) is 0 Å². The van der Waals surface area contributed by atoms with Gasteiger partial charge in [0.05, 0.1) is 0 Å². The van der Waals surface area contributed by atoms with Crippen molar-refractivity contribution in [2.75, 3.05) is 11.5 Å². The third kappa shape index (κ3) is 11.3. The summed E-state index contributed by atoms with van der Waals surface area (Å²) in [5.74, 6) is 0.998. The maximum atomic E-state index is 11.0. The average Bonchev–Trinajstić information content (AvgIpc) is 2.19. The normalized spacial score (nSPS) is 10.4. The van der Waals surface area contributed by atoms with Crippen molar-refractivity contribution < 1.29 is 9.59 Å². The highest BCUT2D eigenvalue weighted by molar-refractivity contribution is 8.76. The van der Waals surface area contributed by atoms with Crippen LogP contribution >= 0.6 is 21.6 Å². The summed E-state index contributed by atoms with van der Waals surface area (Å²) in [6.45, 7) is 0. The standard InChI is InChI=1S/C7H14BN3O2S2/c8-5-10-11-7(13)2-4-15-14-3-1-6(9)12/h5H,1-4,8H2,(H2,9,12)(H,11,13)/b10-5+. The van der Waals surface area contributed by atoms with Crippen LogP contribution < -0.4 is 11.2 Å². The molecular weight excluding hydrogens is 233 g/mol. The summed E-state index contributed by atoms with van der Waals surface area (Å²) in [5.41, 5.74) is 7.34. The van der Waals surface area contributed by atoms with E-state index in [4.69, 9.17) is 5.73 Å². The summed E-state index contributed by atoms with van der Waals surface area (Å²) in [6, 6.07) is 0. The lowest BCUT2D eigenvalue weighted by molar-refractivity contribution is -0.120. The molecule has 0 aliphatic rings. The molecule has 0 aromatic rings. The summed E-state index contributed by atoms with van der Waals surface area (Å²) in [7, 11) is 4.83. The monoisotopic (exact) mass is 247 g/mol. The van der Waals surface area contributed by atoms with Crippen LogP contribution in [-0.4, -0.2) is 37.3 Å². The number of carbonyl (C=O) groups excluding carboxylic acids is 2. The van der Waals surface area contributed by atoms with Gasteiger partial charge >= 0.3 is 0 Å². The van der Waals surface area contributed by atoms with Crippen molar-refractivity contribution in [2.24, 2.45) is 10.8 Å². The van der Waals surface area contributed by atoms with Crippen molar-refractivity contribution in [3.05, 3.63) is 0 Å². The molecule has 3 N–H and O–H groups in total. The van der Waals surface area contributed by atoms with Gasteiger partial charge in [-0.25, -0.2) is 5.43 Å². The molecule has 0 saturated carbocycles. The number of rotatable bonds is 8. The van der Waals surface area contributed by atoms with E-state index in [9.17, 15) is 9.59 Å². The SMILES string of the molecule is B/C=N/NC(=O)CCSSCCC(N)=O. The second kappa shape index (κ2) is 9.91. The van der Waals surface area contributed by atoms with Crippen LogP contribution in [0.5, 0.6) is 0 Å². The van der Waals surface area contributed by atoms with Gasteiger partial charge in [0, 0.05) is 24.3 Å². The molecule has 0 aliphatic heterocycles. The molecule has 84 valence electrons. The van der Waals surface area contributed by atoms with Crippen LogP contribution in [0, 0.1) is 0 Å². The Balaban J connectivity index is 3.23. The van der Waals surface area contributed by atoms with Gasteiger partial charge in [0.2, 0.25) is 11.8 Å². The molecule has 0 aromatic carbocycles. The Kier molecular flexibility index (Phi) is 9.50. The van der Waals surface area contributed by atoms with Gasteiger partial charge in [-0.1, -0.05) is 21.6 Å². The van der Waals surface area contributed by atoms with Crippen LogP contribution in [0.1, 0.15) is 12.8 Å². The van der Waals surface area contributed by atoms with E-state index in [1.807, 2.05) is 0 Å². The number of amides is 2. The molecule has 0 aliphatic carbocycles. The van der Waals surface area contributed by atoms with Crippen LogP contribution in [0.4, 0.5) is 0 Å². The second-order valence-corrected chi connectivity index (χ2v) is 5.23. The fourth-order valence-electron chi connectivity index (χ4n) is 0.587. The van der Waals surface area contributed by atoms with Crippen LogP contribution in [0.15, 0.2) is 5.10 Å². The summed E-state index contributed by atoms with van der Waals surface area (Å²) in [6.07, 6.45) is 2.32. The number of nitrogens with one attached hydrogen (secondary N) is 1. The summed E-state index contributed by atoms with van der Waals surface area (Å²) in [5, 5.41) is 3.61. The van der Waals surface area contributed by atoms with Gasteiger partial charge in [-0.15, -0.1) is 0 Å². The van der Waals surface area contributed by atoms with E-state index in [-0.39, 0.29) is 11.8 Å². The van der Waals surface area contributed by atoms with Gasteiger partial charge in [-0.2, -0.15) is 5.10 Å². The van der Waals surface area contributed by atoms with Crippen LogP contribution in [0.2, 0.25) is 0 Å². The highest BCUT2D eigenvalue weighted by Gasteiger charge is 2.00. The van der Waals surface area contributed by atoms with E-state index in [1.54, 1.807) is 29.4 Å². The minimum absolute atomic E-state index is 0.101. The lowest BCUT2D eigenvalue weighted by Gasteiger charge is -1.99. The largest absolute Gasteiger partial charge is 0.370 e. The zero-order valence-electron chi connectivity index (χ0n) is 8.56. The highest BCUT2D eigenvalue weighted by atomic mass is 33.1. The molecule has 0 rings (SSSR count). The quantitative estimate of drug-likeness (QED) is 0.196. The first-order valence-corrected chi connectivity index (χ1v) is 6.95. The number of hydrogen-bond donors (Lipinski definition) is 2. The molecule has 2 amide bonds. The van der Waals surface area contributed by atoms with Crippen molar-refractivity contribution in [1.82, 2.24) is 5.43 Å². The topological polar surface area (TPSA) is 84.6 Å². The third-order valence-corrected chi connectivity index (χ3v) is 3.65. The predicted molar refractivity (Wildman–Crippen MR) is 68.5 cm³/mol. The van der Waals surface area contributed by atoms with E-state index < -0.39 is 0 Å². The van der Waals surface area contributed by atoms with E-state index in [0.717, 1.165) is 0 Å². The number of primary amides is 1. The number of nitrogens with zero attached hydrogens (tertiary/aromatic N) is 1. The number of carbonyl (C=O) groups is 2. The molecular formula is C7H14BN3O2S2. The fourth-order valence-corrected chi connectivity index (χ4v) is 2.58. The number of nitrogens with two attached hydrogens (primary N) is 1. The van der Waals surface area contributed by atoms with Crippen molar-refractivity contribution in [1.29, 1.82) is 0 Å². The van der Waals surface area contributed by atoms with Crippen molar-refractivity contribution >= 4 is 47.4 Å². The predicted octanol–water partition coefficient (Wildman–Crippen LogP) is -0.674. The van der Waals surface area contributed by atoms with Crippen LogP contribution in [0.25, 0.3) is 0 Å². The highest BCUT2D eigenvalue weighted by Crippen LogP contribution is 2.22. The third-order valence-electron chi connectivity index (χ3n) is 1.25. The van der Waals surface area contributed by atoms with E-state index in [1.165, 1.54) is 6.11 Å². The van der Waals surface area contributed by atoms with Crippen molar-refractivity contribution in [2.45, 2.75) is 12.8 Å². The lowest BCUT2D eigenvalue weighted by atomic mass is 10.2. The Morgan fingerprint density at radius 2 is 1.93 bits per heavy atom. The van der Waals surface area contributed by atoms with Crippen LogP contribution in [-0.2, 0) is 9.59 Å². The Labute approximate surface area is 97.8 Å². The van der Waals surface area contributed by atoms with Crippen LogP contribution in [0.3, 0.4) is 0 Å². The van der Waals surface area contributed by atoms with Gasteiger partial charge in [0.1, 0.15) is 0 Å². The minimum Gasteiger partial charge on any atom is -0.370 e. The molecule has 0 unspecified atom stereocenters. The molecule has 0 radical (unpaired) electrons. The van der Waals surface area contributed by atoms with E-state index in [0.29, 0.717) is 24.3 Å². The second-order valence-electron chi connectivity index (χ2n) is 2.53. The molecule has 0 spiro atoms. The van der Waals surface area contributed by atoms with Gasteiger partial charge < -0.3 is 5.73 Å². The van der Waals surface area contributed by atoms with E-state index >= 15 is 0 Å². The summed E-state index contributed by atoms with van der Waals surface area (Å²) < 4.78 is 0.